The molecule has 1 aromatic heterocycles. The molecule has 27 heavy (non-hydrogen) atoms. The summed E-state index contributed by atoms with van der Waals surface area (Å²) in [5, 5.41) is 11.3. The Bertz CT molecular complexity index is 966. The Kier molecular flexibility index (Phi) is 6.01. The lowest BCUT2D eigenvalue weighted by atomic mass is 10.1. The topological polar surface area (TPSA) is 55.1 Å². The van der Waals surface area contributed by atoms with Crippen LogP contribution in [0, 0.1) is 6.92 Å². The third kappa shape index (κ3) is 4.42. The number of rotatable bonds is 6. The fraction of sp³-hybridized carbons (Fsp3) is 0.273. The highest BCUT2D eigenvalue weighted by atomic mass is 32.2. The van der Waals surface area contributed by atoms with Crippen LogP contribution in [0.4, 0.5) is 0 Å². The Balaban J connectivity index is 2.15. The number of aryl methyl sites for hydroxylation is 1. The highest BCUT2D eigenvalue weighted by Gasteiger charge is 2.19. The van der Waals surface area contributed by atoms with E-state index in [1.807, 2.05) is 61.5 Å². The van der Waals surface area contributed by atoms with Gasteiger partial charge in [0.1, 0.15) is 0 Å². The monoisotopic (exact) mass is 380 g/mol. The normalized spacial score (nSPS) is 12.1. The fourth-order valence-corrected chi connectivity index (χ4v) is 3.70. The molecule has 0 spiro atoms. The smallest absolute Gasteiger partial charge is 0.266 e. The average molecular weight is 381 g/mol. The number of nitrogens with zero attached hydrogens (tertiary/aromatic N) is 2. The quantitative estimate of drug-likeness (QED) is 0.496. The van der Waals surface area contributed by atoms with E-state index < -0.39 is 0 Å². The van der Waals surface area contributed by atoms with Crippen LogP contribution >= 0.6 is 11.8 Å². The van der Waals surface area contributed by atoms with Gasteiger partial charge < -0.3 is 5.11 Å². The third-order valence-corrected chi connectivity index (χ3v) is 5.74. The Morgan fingerprint density at radius 2 is 1.78 bits per heavy atom. The SMILES string of the molecule is CC[C@@H](C)Sc1nc(O)c(Cc2ccccc2)c(=O)n1-c1ccc(C)cc1. The second kappa shape index (κ2) is 8.44. The molecule has 0 amide bonds. The van der Waals surface area contributed by atoms with Crippen molar-refractivity contribution >= 4 is 11.8 Å². The Hall–Kier alpha value is -2.53. The van der Waals surface area contributed by atoms with Gasteiger partial charge in [0.2, 0.25) is 5.88 Å². The number of hydrogen-bond acceptors (Lipinski definition) is 4. The first kappa shape index (κ1) is 19.2. The van der Waals surface area contributed by atoms with Crippen LogP contribution in [0.25, 0.3) is 5.69 Å². The van der Waals surface area contributed by atoms with E-state index in [4.69, 9.17) is 0 Å². The molecule has 1 heterocycles. The van der Waals surface area contributed by atoms with Crippen molar-refractivity contribution in [1.82, 2.24) is 9.55 Å². The Morgan fingerprint density at radius 1 is 1.11 bits per heavy atom. The van der Waals surface area contributed by atoms with Crippen LogP contribution in [0.2, 0.25) is 0 Å². The molecular formula is C22H24N2O2S. The minimum atomic E-state index is -0.221. The molecule has 3 aromatic rings. The first-order valence-corrected chi connectivity index (χ1v) is 10.00. The first-order chi connectivity index (χ1) is 13.0. The molecule has 0 saturated carbocycles. The number of thioether (sulfide) groups is 1. The maximum absolute atomic E-state index is 13.3. The summed E-state index contributed by atoms with van der Waals surface area (Å²) in [4.78, 5) is 17.7. The molecule has 1 atom stereocenters. The highest BCUT2D eigenvalue weighted by Crippen LogP contribution is 2.28. The zero-order valence-corrected chi connectivity index (χ0v) is 16.7. The van der Waals surface area contributed by atoms with Crippen LogP contribution in [-0.4, -0.2) is 19.9 Å². The molecule has 0 fully saturated rings. The first-order valence-electron chi connectivity index (χ1n) is 9.12. The van der Waals surface area contributed by atoms with E-state index in [1.54, 1.807) is 4.57 Å². The third-order valence-electron chi connectivity index (χ3n) is 4.52. The minimum absolute atomic E-state index is 0.182. The highest BCUT2D eigenvalue weighted by molar-refractivity contribution is 7.99. The predicted octanol–water partition coefficient (Wildman–Crippen LogP) is 4.73. The van der Waals surface area contributed by atoms with Crippen LogP contribution in [-0.2, 0) is 6.42 Å². The molecule has 0 aliphatic rings. The lowest BCUT2D eigenvalue weighted by Crippen LogP contribution is -2.26. The van der Waals surface area contributed by atoms with E-state index in [0.29, 0.717) is 17.1 Å². The molecule has 0 aliphatic heterocycles. The standard InChI is InChI=1S/C22H24N2O2S/c1-4-16(3)27-22-23-20(25)19(14-17-8-6-5-7-9-17)21(26)24(22)18-12-10-15(2)11-13-18/h5-13,16,25H,4,14H2,1-3H3/t16-/m1/s1. The van der Waals surface area contributed by atoms with Gasteiger partial charge in [0, 0.05) is 11.7 Å². The Morgan fingerprint density at radius 3 is 2.41 bits per heavy atom. The molecule has 2 aromatic carbocycles. The van der Waals surface area contributed by atoms with Crippen LogP contribution in [0.3, 0.4) is 0 Å². The van der Waals surface area contributed by atoms with Gasteiger partial charge in [-0.1, -0.05) is 73.6 Å². The summed E-state index contributed by atoms with van der Waals surface area (Å²) in [7, 11) is 0. The molecule has 4 nitrogen and oxygen atoms in total. The van der Waals surface area contributed by atoms with Crippen molar-refractivity contribution in [3.05, 3.63) is 81.6 Å². The van der Waals surface area contributed by atoms with E-state index in [-0.39, 0.29) is 16.7 Å². The van der Waals surface area contributed by atoms with Gasteiger partial charge in [-0.15, -0.1) is 0 Å². The van der Waals surface area contributed by atoms with E-state index in [9.17, 15) is 9.90 Å². The van der Waals surface area contributed by atoms with E-state index in [1.165, 1.54) is 11.8 Å². The van der Waals surface area contributed by atoms with Crippen molar-refractivity contribution in [3.63, 3.8) is 0 Å². The second-order valence-electron chi connectivity index (χ2n) is 6.67. The minimum Gasteiger partial charge on any atom is -0.493 e. The van der Waals surface area contributed by atoms with Crippen molar-refractivity contribution < 1.29 is 5.11 Å². The molecule has 3 rings (SSSR count). The Labute approximate surface area is 163 Å². The molecule has 0 radical (unpaired) electrons. The lowest BCUT2D eigenvalue weighted by molar-refractivity contribution is 0.433. The zero-order valence-electron chi connectivity index (χ0n) is 15.8. The number of aromatic hydroxyl groups is 1. The van der Waals surface area contributed by atoms with Crippen molar-refractivity contribution in [2.75, 3.05) is 0 Å². The summed E-state index contributed by atoms with van der Waals surface area (Å²) >= 11 is 1.50. The molecular weight excluding hydrogens is 356 g/mol. The summed E-state index contributed by atoms with van der Waals surface area (Å²) in [5.41, 5.74) is 2.94. The molecule has 140 valence electrons. The van der Waals surface area contributed by atoms with Gasteiger partial charge in [0.05, 0.1) is 11.3 Å². The molecule has 0 aliphatic carbocycles. The molecule has 1 N–H and O–H groups in total. The van der Waals surface area contributed by atoms with Crippen LogP contribution in [0.1, 0.15) is 37.0 Å². The molecule has 0 bridgehead atoms. The summed E-state index contributed by atoms with van der Waals surface area (Å²) < 4.78 is 1.62. The van der Waals surface area contributed by atoms with Gasteiger partial charge in [-0.05, 0) is 31.0 Å². The maximum atomic E-state index is 13.3. The van der Waals surface area contributed by atoms with Gasteiger partial charge in [0.25, 0.3) is 5.56 Å². The summed E-state index contributed by atoms with van der Waals surface area (Å²) in [6.07, 6.45) is 1.29. The van der Waals surface area contributed by atoms with Gasteiger partial charge in [0.15, 0.2) is 5.16 Å². The summed E-state index contributed by atoms with van der Waals surface area (Å²) in [6.45, 7) is 6.19. The number of benzene rings is 2. The van der Waals surface area contributed by atoms with Gasteiger partial charge in [-0.3, -0.25) is 9.36 Å². The van der Waals surface area contributed by atoms with Crippen LogP contribution < -0.4 is 5.56 Å². The molecule has 0 saturated heterocycles. The van der Waals surface area contributed by atoms with E-state index >= 15 is 0 Å². The van der Waals surface area contributed by atoms with Gasteiger partial charge in [-0.2, -0.15) is 4.98 Å². The number of hydrogen-bond donors (Lipinski definition) is 1. The lowest BCUT2D eigenvalue weighted by Gasteiger charge is -2.17. The summed E-state index contributed by atoms with van der Waals surface area (Å²) in [6, 6.07) is 17.4. The van der Waals surface area contributed by atoms with E-state index in [2.05, 4.69) is 18.8 Å². The number of aromatic nitrogens is 2. The largest absolute Gasteiger partial charge is 0.493 e. The van der Waals surface area contributed by atoms with Crippen molar-refractivity contribution in [3.8, 4) is 11.6 Å². The van der Waals surface area contributed by atoms with Crippen molar-refractivity contribution in [2.45, 2.75) is 44.0 Å². The predicted molar refractivity (Wildman–Crippen MR) is 111 cm³/mol. The summed E-state index contributed by atoms with van der Waals surface area (Å²) in [5.74, 6) is -0.182. The van der Waals surface area contributed by atoms with Crippen LogP contribution in [0.15, 0.2) is 64.5 Å². The van der Waals surface area contributed by atoms with E-state index in [0.717, 1.165) is 23.2 Å². The fourth-order valence-electron chi connectivity index (χ4n) is 2.74. The molecule has 0 unspecified atom stereocenters. The van der Waals surface area contributed by atoms with Crippen molar-refractivity contribution in [2.24, 2.45) is 0 Å². The van der Waals surface area contributed by atoms with Gasteiger partial charge in [-0.25, -0.2) is 0 Å². The second-order valence-corrected chi connectivity index (χ2v) is 8.08. The maximum Gasteiger partial charge on any atom is 0.266 e. The average Bonchev–Trinajstić information content (AvgIpc) is 2.67. The van der Waals surface area contributed by atoms with Crippen molar-refractivity contribution in [1.29, 1.82) is 0 Å². The zero-order chi connectivity index (χ0) is 19.4. The molecule has 5 heteroatoms. The van der Waals surface area contributed by atoms with Gasteiger partial charge >= 0.3 is 0 Å². The van der Waals surface area contributed by atoms with Crippen LogP contribution in [0.5, 0.6) is 5.88 Å².